The van der Waals surface area contributed by atoms with Crippen LogP contribution in [0.5, 0.6) is 0 Å². The summed E-state index contributed by atoms with van der Waals surface area (Å²) in [4.78, 5) is 40.7. The zero-order valence-corrected chi connectivity index (χ0v) is 18.5. The summed E-state index contributed by atoms with van der Waals surface area (Å²) < 4.78 is 5.56. The van der Waals surface area contributed by atoms with Crippen LogP contribution in [0.1, 0.15) is 53.6 Å². The van der Waals surface area contributed by atoms with Crippen LogP contribution in [0.15, 0.2) is 18.2 Å². The van der Waals surface area contributed by atoms with Crippen LogP contribution < -0.4 is 11.1 Å². The maximum Gasteiger partial charge on any atom is 0.255 e. The molecule has 0 aromatic heterocycles. The average Bonchev–Trinajstić information content (AvgIpc) is 3.36. The standard InChI is InChI=1S/C24H32N4O4/c25-14-24(18-5-9-32-10-6-18)7-8-27(15-24)12-16-1-2-19-17(11-16)13-28(23(19)31)20-3-4-21(29)26-22(20)30/h1-2,11,18,20H,3-10,12-15,25H2,(H,26,29,30). The molecule has 3 saturated heterocycles. The van der Waals surface area contributed by atoms with Crippen LogP contribution in [0, 0.1) is 11.3 Å². The van der Waals surface area contributed by atoms with E-state index in [2.05, 4.69) is 16.3 Å². The molecule has 0 radical (unpaired) electrons. The van der Waals surface area contributed by atoms with Gasteiger partial charge in [-0.25, -0.2) is 0 Å². The highest BCUT2D eigenvalue weighted by atomic mass is 16.5. The van der Waals surface area contributed by atoms with E-state index in [1.165, 1.54) is 5.56 Å². The quantitative estimate of drug-likeness (QED) is 0.663. The minimum absolute atomic E-state index is 0.121. The first-order valence-electron chi connectivity index (χ1n) is 11.8. The van der Waals surface area contributed by atoms with Gasteiger partial charge in [-0.1, -0.05) is 12.1 Å². The van der Waals surface area contributed by atoms with Crippen molar-refractivity contribution in [3.05, 3.63) is 34.9 Å². The fourth-order valence-electron chi connectivity index (χ4n) is 6.08. The molecule has 172 valence electrons. The summed E-state index contributed by atoms with van der Waals surface area (Å²) in [5, 5.41) is 2.36. The molecule has 0 aliphatic carbocycles. The number of benzene rings is 1. The number of fused-ring (bicyclic) bond motifs is 1. The number of piperidine rings is 1. The minimum Gasteiger partial charge on any atom is -0.381 e. The van der Waals surface area contributed by atoms with E-state index in [-0.39, 0.29) is 29.6 Å². The van der Waals surface area contributed by atoms with Crippen molar-refractivity contribution >= 4 is 17.7 Å². The Balaban J connectivity index is 1.26. The Morgan fingerprint density at radius 3 is 2.72 bits per heavy atom. The number of nitrogens with two attached hydrogens (primary N) is 1. The first kappa shape index (κ1) is 21.6. The first-order chi connectivity index (χ1) is 15.5. The molecule has 0 bridgehead atoms. The van der Waals surface area contributed by atoms with Crippen molar-refractivity contribution in [3.8, 4) is 0 Å². The van der Waals surface area contributed by atoms with E-state index in [0.29, 0.717) is 31.0 Å². The molecule has 2 atom stereocenters. The van der Waals surface area contributed by atoms with Crippen molar-refractivity contribution < 1.29 is 19.1 Å². The van der Waals surface area contributed by atoms with E-state index in [1.54, 1.807) is 4.90 Å². The number of likely N-dealkylation sites (tertiary alicyclic amines) is 1. The topological polar surface area (TPSA) is 105 Å². The molecule has 0 spiro atoms. The van der Waals surface area contributed by atoms with Gasteiger partial charge < -0.3 is 15.4 Å². The fraction of sp³-hybridized carbons (Fsp3) is 0.625. The highest BCUT2D eigenvalue weighted by molar-refractivity contribution is 6.05. The average molecular weight is 441 g/mol. The predicted molar refractivity (Wildman–Crippen MR) is 117 cm³/mol. The van der Waals surface area contributed by atoms with Crippen molar-refractivity contribution in [1.29, 1.82) is 0 Å². The number of carbonyl (C=O) groups excluding carboxylic acids is 3. The highest BCUT2D eigenvalue weighted by Crippen LogP contribution is 2.42. The fourth-order valence-corrected chi connectivity index (χ4v) is 6.08. The first-order valence-corrected chi connectivity index (χ1v) is 11.8. The van der Waals surface area contributed by atoms with Crippen LogP contribution in [0.25, 0.3) is 0 Å². The van der Waals surface area contributed by atoms with Gasteiger partial charge in [0.1, 0.15) is 6.04 Å². The third-order valence-electron chi connectivity index (χ3n) is 7.95. The lowest BCUT2D eigenvalue weighted by atomic mass is 9.71. The van der Waals surface area contributed by atoms with Gasteiger partial charge >= 0.3 is 0 Å². The lowest BCUT2D eigenvalue weighted by Gasteiger charge is -2.39. The molecule has 1 aromatic rings. The van der Waals surface area contributed by atoms with Gasteiger partial charge in [0.25, 0.3) is 5.91 Å². The maximum absolute atomic E-state index is 12.9. The number of nitrogens with zero attached hydrogens (tertiary/aromatic N) is 2. The van der Waals surface area contributed by atoms with Gasteiger partial charge in [-0.3, -0.25) is 24.6 Å². The molecule has 5 rings (SSSR count). The Hall–Kier alpha value is -2.29. The van der Waals surface area contributed by atoms with Crippen LogP contribution in [0.3, 0.4) is 0 Å². The molecule has 0 saturated carbocycles. The molecule has 4 aliphatic rings. The van der Waals surface area contributed by atoms with Crippen LogP contribution in [-0.4, -0.2) is 66.4 Å². The number of carbonyl (C=O) groups is 3. The summed E-state index contributed by atoms with van der Waals surface area (Å²) in [6.07, 6.45) is 3.98. The second kappa shape index (κ2) is 8.57. The van der Waals surface area contributed by atoms with E-state index in [4.69, 9.17) is 10.5 Å². The molecular formula is C24H32N4O4. The largest absolute Gasteiger partial charge is 0.381 e. The lowest BCUT2D eigenvalue weighted by molar-refractivity contribution is -0.136. The van der Waals surface area contributed by atoms with Crippen molar-refractivity contribution in [3.63, 3.8) is 0 Å². The molecule has 1 aromatic carbocycles. The van der Waals surface area contributed by atoms with E-state index >= 15 is 0 Å². The number of amides is 3. The Labute approximate surface area is 188 Å². The van der Waals surface area contributed by atoms with Crippen LogP contribution in [-0.2, 0) is 27.4 Å². The Morgan fingerprint density at radius 2 is 1.97 bits per heavy atom. The zero-order valence-electron chi connectivity index (χ0n) is 18.5. The number of hydrogen-bond donors (Lipinski definition) is 2. The van der Waals surface area contributed by atoms with Crippen LogP contribution in [0.2, 0.25) is 0 Å². The Morgan fingerprint density at radius 1 is 1.16 bits per heavy atom. The van der Waals surface area contributed by atoms with Gasteiger partial charge in [0.15, 0.2) is 0 Å². The predicted octanol–water partition coefficient (Wildman–Crippen LogP) is 1.03. The molecule has 3 amide bonds. The zero-order chi connectivity index (χ0) is 22.3. The van der Waals surface area contributed by atoms with E-state index in [9.17, 15) is 14.4 Å². The van der Waals surface area contributed by atoms with Crippen molar-refractivity contribution in [2.24, 2.45) is 17.1 Å². The minimum atomic E-state index is -0.570. The number of ether oxygens (including phenoxy) is 1. The van der Waals surface area contributed by atoms with Gasteiger partial charge in [-0.05, 0) is 67.3 Å². The summed E-state index contributed by atoms with van der Waals surface area (Å²) in [6.45, 7) is 5.70. The number of nitrogens with one attached hydrogen (secondary N) is 1. The summed E-state index contributed by atoms with van der Waals surface area (Å²) in [5.41, 5.74) is 9.28. The van der Waals surface area contributed by atoms with E-state index in [1.807, 2.05) is 12.1 Å². The number of hydrogen-bond acceptors (Lipinski definition) is 6. The van der Waals surface area contributed by atoms with E-state index in [0.717, 1.165) is 57.7 Å². The molecule has 3 fully saturated rings. The second-order valence-corrected chi connectivity index (χ2v) is 9.81. The molecule has 32 heavy (non-hydrogen) atoms. The van der Waals surface area contributed by atoms with Gasteiger partial charge in [0, 0.05) is 44.8 Å². The third kappa shape index (κ3) is 3.84. The van der Waals surface area contributed by atoms with Crippen molar-refractivity contribution in [2.75, 3.05) is 32.8 Å². The lowest BCUT2D eigenvalue weighted by Crippen LogP contribution is -2.52. The maximum atomic E-state index is 12.9. The summed E-state index contributed by atoms with van der Waals surface area (Å²) in [7, 11) is 0. The summed E-state index contributed by atoms with van der Waals surface area (Å²) in [5.74, 6) is -0.126. The number of imide groups is 1. The number of rotatable bonds is 5. The van der Waals surface area contributed by atoms with Gasteiger partial charge in [-0.15, -0.1) is 0 Å². The van der Waals surface area contributed by atoms with Crippen LogP contribution >= 0.6 is 0 Å². The normalized spacial score (nSPS) is 29.5. The van der Waals surface area contributed by atoms with Gasteiger partial charge in [0.05, 0.1) is 0 Å². The van der Waals surface area contributed by atoms with Gasteiger partial charge in [-0.2, -0.15) is 0 Å². The monoisotopic (exact) mass is 440 g/mol. The molecule has 4 aliphatic heterocycles. The molecule has 8 heteroatoms. The van der Waals surface area contributed by atoms with Crippen molar-refractivity contribution in [1.82, 2.24) is 15.1 Å². The molecule has 2 unspecified atom stereocenters. The summed E-state index contributed by atoms with van der Waals surface area (Å²) >= 11 is 0. The second-order valence-electron chi connectivity index (χ2n) is 9.81. The summed E-state index contributed by atoms with van der Waals surface area (Å²) in [6, 6.07) is 5.46. The van der Waals surface area contributed by atoms with Crippen LogP contribution in [0.4, 0.5) is 0 Å². The molecule has 4 heterocycles. The highest BCUT2D eigenvalue weighted by Gasteiger charge is 2.44. The molecule has 8 nitrogen and oxygen atoms in total. The Bertz CT molecular complexity index is 929. The molecule has 3 N–H and O–H groups in total. The third-order valence-corrected chi connectivity index (χ3v) is 7.95. The van der Waals surface area contributed by atoms with E-state index < -0.39 is 6.04 Å². The SMILES string of the molecule is NCC1(C2CCOCC2)CCN(Cc2ccc3c(c2)CN(C2CCC(=O)NC2=O)C3=O)C1. The van der Waals surface area contributed by atoms with Crippen molar-refractivity contribution in [2.45, 2.75) is 51.2 Å². The Kier molecular flexibility index (Phi) is 5.77. The van der Waals surface area contributed by atoms with Gasteiger partial charge in [0.2, 0.25) is 11.8 Å². The smallest absolute Gasteiger partial charge is 0.255 e. The molecular weight excluding hydrogens is 408 g/mol.